The highest BCUT2D eigenvalue weighted by atomic mass is 35.5. The minimum atomic E-state index is -1.37. The first-order chi connectivity index (χ1) is 19.9. The van der Waals surface area contributed by atoms with Crippen molar-refractivity contribution in [3.63, 3.8) is 0 Å². The van der Waals surface area contributed by atoms with Crippen LogP contribution >= 0.6 is 11.6 Å². The topological polar surface area (TPSA) is 128 Å². The lowest BCUT2D eigenvalue weighted by molar-refractivity contribution is -0.111. The normalized spacial score (nSPS) is 15.1. The van der Waals surface area contributed by atoms with Crippen LogP contribution in [0.5, 0.6) is 5.75 Å². The zero-order chi connectivity index (χ0) is 30.6. The van der Waals surface area contributed by atoms with Crippen molar-refractivity contribution in [2.75, 3.05) is 55.1 Å². The van der Waals surface area contributed by atoms with Crippen molar-refractivity contribution in [2.45, 2.75) is 38.3 Å². The first-order valence-electron chi connectivity index (χ1n) is 13.4. The van der Waals surface area contributed by atoms with Crippen LogP contribution in [0.15, 0.2) is 43.2 Å². The third kappa shape index (κ3) is 7.25. The average Bonchev–Trinajstić information content (AvgIpc) is 3.37. The van der Waals surface area contributed by atoms with Gasteiger partial charge in [0, 0.05) is 36.4 Å². The van der Waals surface area contributed by atoms with Crippen LogP contribution in [0.1, 0.15) is 32.3 Å². The summed E-state index contributed by atoms with van der Waals surface area (Å²) in [5.41, 5.74) is 1.15. The van der Waals surface area contributed by atoms with E-state index in [0.717, 1.165) is 31.6 Å². The standard InChI is InChI=1S/C29H36ClFN8O3/c1-7-26(40)34-22-13-23(25(42-6)14-24(22)39-10-8-9-17(39)15-38(4)5)36-28-33-16-32-27(37-28)35-21-12-19(30)20(31)11-18(21)29(2,3)41/h7,11-14,16-17,41H,1,8-10,15H2,2-6H3,(H,34,40)(H2,32,33,35,36,37)/t17-/m0/s1. The molecule has 4 rings (SSSR count). The molecule has 1 aliphatic heterocycles. The van der Waals surface area contributed by atoms with Gasteiger partial charge in [-0.3, -0.25) is 4.79 Å². The molecular weight excluding hydrogens is 563 g/mol. The molecule has 1 amide bonds. The molecule has 0 unspecified atom stereocenters. The summed E-state index contributed by atoms with van der Waals surface area (Å²) < 4.78 is 19.9. The summed E-state index contributed by atoms with van der Waals surface area (Å²) in [6.45, 7) is 8.36. The highest BCUT2D eigenvalue weighted by molar-refractivity contribution is 6.31. The Bertz CT molecular complexity index is 1460. The fourth-order valence-corrected chi connectivity index (χ4v) is 5.10. The Labute approximate surface area is 249 Å². The zero-order valence-electron chi connectivity index (χ0n) is 24.3. The molecule has 42 heavy (non-hydrogen) atoms. The number of aromatic nitrogens is 3. The van der Waals surface area contributed by atoms with Crippen LogP contribution in [0.2, 0.25) is 5.02 Å². The molecule has 11 nitrogen and oxygen atoms in total. The molecule has 0 radical (unpaired) electrons. The predicted molar refractivity (Wildman–Crippen MR) is 164 cm³/mol. The molecule has 0 bridgehead atoms. The van der Waals surface area contributed by atoms with Gasteiger partial charge in [0.15, 0.2) is 0 Å². The summed E-state index contributed by atoms with van der Waals surface area (Å²) in [4.78, 5) is 29.6. The van der Waals surface area contributed by atoms with Gasteiger partial charge in [-0.2, -0.15) is 4.98 Å². The van der Waals surface area contributed by atoms with E-state index in [4.69, 9.17) is 16.3 Å². The minimum absolute atomic E-state index is 0.123. The molecule has 1 aromatic heterocycles. The molecule has 1 atom stereocenters. The van der Waals surface area contributed by atoms with Gasteiger partial charge in [-0.1, -0.05) is 18.2 Å². The SMILES string of the molecule is C=CC(=O)Nc1cc(Nc2ncnc(Nc3cc(Cl)c(F)cc3C(C)(C)O)n2)c(OC)cc1N1CCC[C@H]1CN(C)C. The second-order valence-corrected chi connectivity index (χ2v) is 11.2. The monoisotopic (exact) mass is 598 g/mol. The number of anilines is 6. The molecule has 1 aliphatic rings. The predicted octanol–water partition coefficient (Wildman–Crippen LogP) is 5.04. The molecule has 2 heterocycles. The molecular formula is C29H36ClFN8O3. The van der Waals surface area contributed by atoms with Gasteiger partial charge in [-0.25, -0.2) is 14.4 Å². The van der Waals surface area contributed by atoms with Crippen LogP contribution in [0.4, 0.5) is 39.0 Å². The number of hydrogen-bond acceptors (Lipinski definition) is 10. The van der Waals surface area contributed by atoms with Crippen LogP contribution in [0.3, 0.4) is 0 Å². The number of nitrogens with zero attached hydrogens (tertiary/aromatic N) is 5. The Balaban J connectivity index is 1.68. The van der Waals surface area contributed by atoms with Gasteiger partial charge in [0.2, 0.25) is 17.8 Å². The van der Waals surface area contributed by atoms with Crippen LogP contribution in [0, 0.1) is 5.82 Å². The summed E-state index contributed by atoms with van der Waals surface area (Å²) in [5.74, 6) is -0.192. The number of methoxy groups -OCH3 is 1. The Hall–Kier alpha value is -4.00. The van der Waals surface area contributed by atoms with Crippen LogP contribution in [-0.2, 0) is 10.4 Å². The third-order valence-corrected chi connectivity index (χ3v) is 7.10. The summed E-state index contributed by atoms with van der Waals surface area (Å²) >= 11 is 6.01. The van der Waals surface area contributed by atoms with E-state index in [1.807, 2.05) is 20.2 Å². The van der Waals surface area contributed by atoms with E-state index in [1.165, 1.54) is 38.4 Å². The fraction of sp³-hybridized carbons (Fsp3) is 0.379. The third-order valence-electron chi connectivity index (χ3n) is 6.81. The van der Waals surface area contributed by atoms with Gasteiger partial charge in [0.05, 0.1) is 34.8 Å². The molecule has 3 aromatic rings. The van der Waals surface area contributed by atoms with Gasteiger partial charge < -0.3 is 35.6 Å². The maximum Gasteiger partial charge on any atom is 0.247 e. The molecule has 4 N–H and O–H groups in total. The number of carbonyl (C=O) groups excluding carboxylic acids is 1. The van der Waals surface area contributed by atoms with Gasteiger partial charge in [0.1, 0.15) is 17.9 Å². The summed E-state index contributed by atoms with van der Waals surface area (Å²) in [7, 11) is 5.64. The van der Waals surface area contributed by atoms with Crippen LogP contribution in [0.25, 0.3) is 0 Å². The average molecular weight is 599 g/mol. The highest BCUT2D eigenvalue weighted by Gasteiger charge is 2.29. The van der Waals surface area contributed by atoms with Crippen molar-refractivity contribution < 1.29 is 19.0 Å². The summed E-state index contributed by atoms with van der Waals surface area (Å²) in [6.07, 6.45) is 4.58. The van der Waals surface area contributed by atoms with Crippen molar-refractivity contribution in [3.05, 3.63) is 59.7 Å². The van der Waals surface area contributed by atoms with E-state index in [2.05, 4.69) is 47.3 Å². The van der Waals surface area contributed by atoms with Crippen molar-refractivity contribution >= 4 is 52.2 Å². The second kappa shape index (κ2) is 12.9. The Morgan fingerprint density at radius 1 is 1.21 bits per heavy atom. The highest BCUT2D eigenvalue weighted by Crippen LogP contribution is 2.41. The first kappa shape index (κ1) is 30.9. The van der Waals surface area contributed by atoms with Gasteiger partial charge in [-0.15, -0.1) is 0 Å². The molecule has 0 saturated carbocycles. The molecule has 224 valence electrons. The molecule has 0 spiro atoms. The Morgan fingerprint density at radius 3 is 2.52 bits per heavy atom. The fourth-order valence-electron chi connectivity index (χ4n) is 4.94. The van der Waals surface area contributed by atoms with Gasteiger partial charge in [-0.05, 0) is 65.1 Å². The number of carbonyl (C=O) groups is 1. The van der Waals surface area contributed by atoms with E-state index >= 15 is 0 Å². The van der Waals surface area contributed by atoms with Crippen molar-refractivity contribution in [2.24, 2.45) is 0 Å². The van der Waals surface area contributed by atoms with Crippen molar-refractivity contribution in [3.8, 4) is 5.75 Å². The van der Waals surface area contributed by atoms with E-state index in [-0.39, 0.29) is 34.4 Å². The molecule has 2 aromatic carbocycles. The maximum absolute atomic E-state index is 14.2. The van der Waals surface area contributed by atoms with E-state index in [1.54, 1.807) is 13.2 Å². The maximum atomic E-state index is 14.2. The van der Waals surface area contributed by atoms with E-state index < -0.39 is 11.4 Å². The smallest absolute Gasteiger partial charge is 0.247 e. The number of aliphatic hydroxyl groups is 1. The van der Waals surface area contributed by atoms with E-state index in [9.17, 15) is 14.3 Å². The number of rotatable bonds is 11. The van der Waals surface area contributed by atoms with Crippen molar-refractivity contribution in [1.29, 1.82) is 0 Å². The number of benzene rings is 2. The minimum Gasteiger partial charge on any atom is -0.494 e. The van der Waals surface area contributed by atoms with E-state index in [0.29, 0.717) is 22.8 Å². The van der Waals surface area contributed by atoms with Crippen LogP contribution in [-0.4, -0.2) is 71.2 Å². The Kier molecular flexibility index (Phi) is 9.50. The Morgan fingerprint density at radius 2 is 1.90 bits per heavy atom. The quantitative estimate of drug-likeness (QED) is 0.223. The molecule has 0 aliphatic carbocycles. The number of amides is 1. The second-order valence-electron chi connectivity index (χ2n) is 10.8. The molecule has 1 saturated heterocycles. The molecule has 13 heteroatoms. The zero-order valence-corrected chi connectivity index (χ0v) is 25.1. The summed E-state index contributed by atoms with van der Waals surface area (Å²) in [6, 6.07) is 6.45. The van der Waals surface area contributed by atoms with Gasteiger partial charge in [0.25, 0.3) is 0 Å². The number of hydrogen-bond donors (Lipinski definition) is 4. The lowest BCUT2D eigenvalue weighted by Crippen LogP contribution is -2.38. The van der Waals surface area contributed by atoms with Gasteiger partial charge >= 0.3 is 0 Å². The molecule has 1 fully saturated rings. The lowest BCUT2D eigenvalue weighted by atomic mass is 9.96. The van der Waals surface area contributed by atoms with Crippen molar-refractivity contribution in [1.82, 2.24) is 19.9 Å². The number of ether oxygens (including phenoxy) is 1. The van der Waals surface area contributed by atoms with Crippen LogP contribution < -0.4 is 25.6 Å². The number of halogens is 2. The number of likely N-dealkylation sites (N-methyl/N-ethyl adjacent to an activating group) is 1. The number of nitrogens with one attached hydrogen (secondary N) is 3. The first-order valence-corrected chi connectivity index (χ1v) is 13.8. The largest absolute Gasteiger partial charge is 0.494 e. The summed E-state index contributed by atoms with van der Waals surface area (Å²) in [5, 5.41) is 19.5. The lowest BCUT2D eigenvalue weighted by Gasteiger charge is -2.31.